The summed E-state index contributed by atoms with van der Waals surface area (Å²) in [5, 5.41) is 18.5. The molecule has 0 amide bonds. The van der Waals surface area contributed by atoms with E-state index in [0.717, 1.165) is 11.1 Å². The summed E-state index contributed by atoms with van der Waals surface area (Å²) in [6, 6.07) is 12.1. The molecule has 1 aliphatic heterocycles. The number of benzene rings is 1. The Morgan fingerprint density at radius 3 is 2.64 bits per heavy atom. The van der Waals surface area contributed by atoms with Crippen LogP contribution in [0.4, 0.5) is 8.78 Å². The molecule has 2 aromatic rings. The minimum atomic E-state index is -4.18. The van der Waals surface area contributed by atoms with Gasteiger partial charge in [0, 0.05) is 48.0 Å². The number of carboxylic acid groups (broad SMARTS) is 1. The molecule has 1 aromatic heterocycles. The number of aromatic nitrogens is 1. The number of hydrogen-bond acceptors (Lipinski definition) is 5. The molecule has 2 heterocycles. The number of alkyl halides is 2. The first-order valence-electron chi connectivity index (χ1n) is 11.7. The van der Waals surface area contributed by atoms with Crippen LogP contribution in [0.3, 0.4) is 0 Å². The molecular weight excluding hydrogens is 488 g/mol. The van der Waals surface area contributed by atoms with Gasteiger partial charge in [0.05, 0.1) is 22.1 Å². The summed E-state index contributed by atoms with van der Waals surface area (Å²) in [7, 11) is -4.18. The van der Waals surface area contributed by atoms with Crippen LogP contribution in [0.2, 0.25) is 0 Å². The highest BCUT2D eigenvalue weighted by molar-refractivity contribution is 7.91. The number of pyridine rings is 1. The van der Waals surface area contributed by atoms with Crippen LogP contribution in [-0.4, -0.2) is 41.2 Å². The van der Waals surface area contributed by atoms with E-state index in [4.69, 9.17) is 0 Å². The van der Waals surface area contributed by atoms with E-state index in [0.29, 0.717) is 11.3 Å². The number of rotatable bonds is 6. The fourth-order valence-electron chi connectivity index (χ4n) is 5.82. The van der Waals surface area contributed by atoms with Crippen LogP contribution >= 0.6 is 0 Å². The topological polar surface area (TPSA) is 120 Å². The van der Waals surface area contributed by atoms with Crippen molar-refractivity contribution in [2.45, 2.75) is 49.8 Å². The van der Waals surface area contributed by atoms with Crippen molar-refractivity contribution in [1.29, 1.82) is 5.26 Å². The number of carbonyl (C=O) groups is 1. The highest BCUT2D eigenvalue weighted by atomic mass is 32.2. The van der Waals surface area contributed by atoms with E-state index in [-0.39, 0.29) is 6.42 Å². The first-order valence-corrected chi connectivity index (χ1v) is 13.2. The van der Waals surface area contributed by atoms with Crippen molar-refractivity contribution in [3.05, 3.63) is 59.9 Å². The molecule has 2 fully saturated rings. The third-order valence-corrected chi connectivity index (χ3v) is 9.98. The second kappa shape index (κ2) is 9.37. The Balaban J connectivity index is 1.69. The lowest BCUT2D eigenvalue weighted by Crippen LogP contribution is -2.57. The smallest absolute Gasteiger partial charge is 0.303 e. The Labute approximate surface area is 208 Å². The number of nitriles is 1. The molecule has 1 saturated carbocycles. The van der Waals surface area contributed by atoms with E-state index in [9.17, 15) is 23.6 Å². The molecule has 2 aliphatic rings. The van der Waals surface area contributed by atoms with Gasteiger partial charge in [0.1, 0.15) is 0 Å². The first-order chi connectivity index (χ1) is 16.9. The maximum absolute atomic E-state index is 15.2. The summed E-state index contributed by atoms with van der Waals surface area (Å²) < 4.78 is 57.3. The number of aliphatic carboxylic acids is 1. The number of carboxylic acids is 1. The Bertz CT molecular complexity index is 1340. The van der Waals surface area contributed by atoms with Gasteiger partial charge in [-0.25, -0.2) is 21.9 Å². The Hall–Kier alpha value is -3.16. The molecule has 2 N–H and O–H groups in total. The van der Waals surface area contributed by atoms with Gasteiger partial charge in [0.2, 0.25) is 10.0 Å². The summed E-state index contributed by atoms with van der Waals surface area (Å²) in [5.74, 6) is -7.25. The van der Waals surface area contributed by atoms with Crippen molar-refractivity contribution >= 4 is 22.1 Å². The van der Waals surface area contributed by atoms with Crippen molar-refractivity contribution < 1.29 is 27.1 Å². The van der Waals surface area contributed by atoms with Crippen molar-refractivity contribution in [2.75, 3.05) is 0 Å². The van der Waals surface area contributed by atoms with Crippen LogP contribution in [0.25, 0.3) is 17.2 Å². The summed E-state index contributed by atoms with van der Waals surface area (Å²) in [6.45, 7) is 3.05. The molecule has 10 heteroatoms. The molecule has 4 rings (SSSR count). The third-order valence-electron chi connectivity index (χ3n) is 7.61. The fraction of sp³-hybridized carbons (Fsp3) is 0.423. The zero-order valence-corrected chi connectivity index (χ0v) is 20.7. The van der Waals surface area contributed by atoms with Gasteiger partial charge in [-0.05, 0) is 37.5 Å². The van der Waals surface area contributed by atoms with Crippen LogP contribution in [0, 0.1) is 29.1 Å². The van der Waals surface area contributed by atoms with E-state index in [1.54, 1.807) is 49.5 Å². The standard InChI is InChI=1S/C26H27F2N3O4S/c1-16-21(10-9-20-8-7-19(14-30-20)22-6-4-3-5-18(22)13-29)24-17(2)31-36(34,35)25(24,12-11-23(32)33)15-26(16,27)28/h3-10,14,16-17,21,24,31H,11-12,15H2,1-2H3,(H,32,33)/b10-9+/t16-,17+,21-,24-,25+/m0/s1. The predicted octanol–water partition coefficient (Wildman–Crippen LogP) is 4.47. The van der Waals surface area contributed by atoms with Gasteiger partial charge in [-0.15, -0.1) is 0 Å². The Morgan fingerprint density at radius 1 is 1.28 bits per heavy atom. The van der Waals surface area contributed by atoms with Crippen molar-refractivity contribution in [1.82, 2.24) is 9.71 Å². The quantitative estimate of drug-likeness (QED) is 0.586. The van der Waals surface area contributed by atoms with Crippen LogP contribution in [-0.2, 0) is 14.8 Å². The Kier molecular flexibility index (Phi) is 6.75. The zero-order chi connectivity index (χ0) is 26.3. The molecular formula is C26H27F2N3O4S. The predicted molar refractivity (Wildman–Crippen MR) is 130 cm³/mol. The van der Waals surface area contributed by atoms with Gasteiger partial charge in [-0.1, -0.05) is 37.3 Å². The van der Waals surface area contributed by atoms with E-state index in [1.807, 2.05) is 12.1 Å². The molecule has 0 radical (unpaired) electrons. The van der Waals surface area contributed by atoms with Gasteiger partial charge in [0.15, 0.2) is 0 Å². The van der Waals surface area contributed by atoms with Gasteiger partial charge in [-0.2, -0.15) is 5.26 Å². The molecule has 7 nitrogen and oxygen atoms in total. The maximum Gasteiger partial charge on any atom is 0.303 e. The number of halogens is 2. The summed E-state index contributed by atoms with van der Waals surface area (Å²) in [5.41, 5.74) is 2.45. The molecule has 0 bridgehead atoms. The van der Waals surface area contributed by atoms with Crippen LogP contribution in [0.5, 0.6) is 0 Å². The van der Waals surface area contributed by atoms with Gasteiger partial charge < -0.3 is 5.11 Å². The van der Waals surface area contributed by atoms with Crippen molar-refractivity contribution in [2.24, 2.45) is 17.8 Å². The molecule has 190 valence electrons. The molecule has 0 spiro atoms. The monoisotopic (exact) mass is 515 g/mol. The SMILES string of the molecule is C[C@H]1NS(=O)(=O)[C@]2(CCC(=O)O)CC(F)(F)[C@@H](C)[C@H](/C=C/c3ccc(-c4ccccc4C#N)cn3)[C@H]12. The van der Waals surface area contributed by atoms with Crippen molar-refractivity contribution in [3.8, 4) is 17.2 Å². The summed E-state index contributed by atoms with van der Waals surface area (Å²) in [4.78, 5) is 15.7. The maximum atomic E-state index is 15.2. The minimum Gasteiger partial charge on any atom is -0.481 e. The average Bonchev–Trinajstić information content (AvgIpc) is 3.02. The fourth-order valence-corrected chi connectivity index (χ4v) is 8.16. The van der Waals surface area contributed by atoms with E-state index < -0.39 is 63.3 Å². The Morgan fingerprint density at radius 2 is 2.00 bits per heavy atom. The normalized spacial score (nSPS) is 30.5. The van der Waals surface area contributed by atoms with Crippen LogP contribution in [0.15, 0.2) is 48.7 Å². The van der Waals surface area contributed by atoms with Crippen LogP contribution in [0.1, 0.15) is 44.4 Å². The molecule has 1 saturated heterocycles. The molecule has 1 aromatic carbocycles. The number of nitrogens with one attached hydrogen (secondary N) is 1. The molecule has 36 heavy (non-hydrogen) atoms. The lowest BCUT2D eigenvalue weighted by atomic mass is 9.61. The lowest BCUT2D eigenvalue weighted by Gasteiger charge is -2.48. The first kappa shape index (κ1) is 25.9. The minimum absolute atomic E-state index is 0.384. The highest BCUT2D eigenvalue weighted by Crippen LogP contribution is 2.58. The molecule has 1 aliphatic carbocycles. The number of sulfonamides is 1. The number of allylic oxidation sites excluding steroid dienone is 1. The van der Waals surface area contributed by atoms with Gasteiger partial charge >= 0.3 is 5.97 Å². The van der Waals surface area contributed by atoms with E-state index in [2.05, 4.69) is 15.8 Å². The summed E-state index contributed by atoms with van der Waals surface area (Å²) in [6.07, 6.45) is 2.97. The number of hydrogen-bond donors (Lipinski definition) is 2. The summed E-state index contributed by atoms with van der Waals surface area (Å²) >= 11 is 0. The number of nitrogens with zero attached hydrogens (tertiary/aromatic N) is 2. The number of fused-ring (bicyclic) bond motifs is 1. The second-order valence-corrected chi connectivity index (χ2v) is 11.7. The molecule has 0 unspecified atom stereocenters. The second-order valence-electron chi connectivity index (χ2n) is 9.69. The van der Waals surface area contributed by atoms with E-state index in [1.165, 1.54) is 6.92 Å². The largest absolute Gasteiger partial charge is 0.481 e. The lowest BCUT2D eigenvalue weighted by molar-refractivity contribution is -0.140. The van der Waals surface area contributed by atoms with E-state index >= 15 is 8.78 Å². The van der Waals surface area contributed by atoms with Crippen LogP contribution < -0.4 is 4.72 Å². The average molecular weight is 516 g/mol. The van der Waals surface area contributed by atoms with Crippen molar-refractivity contribution in [3.63, 3.8) is 0 Å². The molecule has 5 atom stereocenters. The van der Waals surface area contributed by atoms with Gasteiger partial charge in [0.25, 0.3) is 5.92 Å². The zero-order valence-electron chi connectivity index (χ0n) is 19.9. The highest BCUT2D eigenvalue weighted by Gasteiger charge is 2.68. The van der Waals surface area contributed by atoms with Gasteiger partial charge in [-0.3, -0.25) is 9.78 Å². The third kappa shape index (κ3) is 4.42.